The van der Waals surface area contributed by atoms with Crippen LogP contribution >= 0.6 is 11.6 Å². The first-order valence-electron chi connectivity index (χ1n) is 8.53. The predicted molar refractivity (Wildman–Crippen MR) is 95.7 cm³/mol. The van der Waals surface area contributed by atoms with Crippen molar-refractivity contribution >= 4 is 23.3 Å². The summed E-state index contributed by atoms with van der Waals surface area (Å²) >= 11 is 5.87. The molecule has 1 rings (SSSR count). The van der Waals surface area contributed by atoms with E-state index in [1.165, 1.54) is 51.4 Å². The van der Waals surface area contributed by atoms with E-state index in [1.54, 1.807) is 12.1 Å². The van der Waals surface area contributed by atoms with E-state index in [0.29, 0.717) is 5.02 Å². The van der Waals surface area contributed by atoms with E-state index in [2.05, 4.69) is 17.6 Å². The SMILES string of the molecule is CCCCCCCCCCCNC(=O)Nc1cccc(Cl)c1. The molecule has 4 heteroatoms. The summed E-state index contributed by atoms with van der Waals surface area (Å²) in [5.74, 6) is 0. The molecule has 0 saturated heterocycles. The molecule has 1 aromatic carbocycles. The van der Waals surface area contributed by atoms with Crippen LogP contribution in [0.4, 0.5) is 10.5 Å². The number of hydrogen-bond acceptors (Lipinski definition) is 1. The van der Waals surface area contributed by atoms with Crippen LogP contribution in [0.25, 0.3) is 0 Å². The number of amides is 2. The maximum atomic E-state index is 11.7. The Morgan fingerprint density at radius 3 is 2.27 bits per heavy atom. The highest BCUT2D eigenvalue weighted by Crippen LogP contribution is 2.14. The number of unbranched alkanes of at least 4 members (excludes halogenated alkanes) is 8. The number of rotatable bonds is 11. The summed E-state index contributed by atoms with van der Waals surface area (Å²) in [5.41, 5.74) is 0.720. The summed E-state index contributed by atoms with van der Waals surface area (Å²) in [6, 6.07) is 7.00. The molecule has 3 nitrogen and oxygen atoms in total. The monoisotopic (exact) mass is 324 g/mol. The van der Waals surface area contributed by atoms with Crippen LogP contribution < -0.4 is 10.6 Å². The van der Waals surface area contributed by atoms with Gasteiger partial charge in [-0.15, -0.1) is 0 Å². The van der Waals surface area contributed by atoms with Crippen molar-refractivity contribution in [2.75, 3.05) is 11.9 Å². The van der Waals surface area contributed by atoms with Gasteiger partial charge in [0.1, 0.15) is 0 Å². The molecule has 22 heavy (non-hydrogen) atoms. The third-order valence-electron chi connectivity index (χ3n) is 3.65. The smallest absolute Gasteiger partial charge is 0.319 e. The first-order chi connectivity index (χ1) is 10.7. The van der Waals surface area contributed by atoms with Crippen LogP contribution in [-0.4, -0.2) is 12.6 Å². The Kier molecular flexibility index (Phi) is 10.6. The Bertz CT molecular complexity index is 423. The number of urea groups is 1. The van der Waals surface area contributed by atoms with Gasteiger partial charge in [0.15, 0.2) is 0 Å². The van der Waals surface area contributed by atoms with E-state index in [1.807, 2.05) is 12.1 Å². The van der Waals surface area contributed by atoms with Gasteiger partial charge in [-0.3, -0.25) is 0 Å². The van der Waals surface area contributed by atoms with Gasteiger partial charge in [-0.05, 0) is 24.6 Å². The molecule has 0 aromatic heterocycles. The van der Waals surface area contributed by atoms with Crippen molar-refractivity contribution in [1.82, 2.24) is 5.32 Å². The summed E-state index contributed by atoms with van der Waals surface area (Å²) in [6.07, 6.45) is 11.6. The Hall–Kier alpha value is -1.22. The van der Waals surface area contributed by atoms with Gasteiger partial charge in [0.05, 0.1) is 0 Å². The molecule has 0 heterocycles. The van der Waals surface area contributed by atoms with Crippen molar-refractivity contribution < 1.29 is 4.79 Å². The molecule has 0 atom stereocenters. The second kappa shape index (κ2) is 12.3. The van der Waals surface area contributed by atoms with Gasteiger partial charge in [0.25, 0.3) is 0 Å². The zero-order chi connectivity index (χ0) is 16.0. The zero-order valence-corrected chi connectivity index (χ0v) is 14.4. The third-order valence-corrected chi connectivity index (χ3v) is 3.88. The van der Waals surface area contributed by atoms with Crippen molar-refractivity contribution in [2.45, 2.75) is 64.7 Å². The third kappa shape index (κ3) is 9.67. The van der Waals surface area contributed by atoms with Crippen LogP contribution in [0.1, 0.15) is 64.7 Å². The molecule has 0 fully saturated rings. The molecule has 0 radical (unpaired) electrons. The Balaban J connectivity index is 1.95. The quantitative estimate of drug-likeness (QED) is 0.482. The summed E-state index contributed by atoms with van der Waals surface area (Å²) < 4.78 is 0. The van der Waals surface area contributed by atoms with E-state index < -0.39 is 0 Å². The van der Waals surface area contributed by atoms with Gasteiger partial charge in [-0.1, -0.05) is 76.0 Å². The van der Waals surface area contributed by atoms with Crippen molar-refractivity contribution in [3.05, 3.63) is 29.3 Å². The van der Waals surface area contributed by atoms with Crippen LogP contribution in [0.3, 0.4) is 0 Å². The molecule has 0 bridgehead atoms. The maximum absolute atomic E-state index is 11.7. The van der Waals surface area contributed by atoms with Gasteiger partial charge in [0.2, 0.25) is 0 Å². The average Bonchev–Trinajstić information content (AvgIpc) is 2.49. The molecule has 0 spiro atoms. The summed E-state index contributed by atoms with van der Waals surface area (Å²) in [5, 5.41) is 6.28. The topological polar surface area (TPSA) is 41.1 Å². The van der Waals surface area contributed by atoms with Gasteiger partial charge >= 0.3 is 6.03 Å². The number of anilines is 1. The summed E-state index contributed by atoms with van der Waals surface area (Å²) in [7, 11) is 0. The van der Waals surface area contributed by atoms with Gasteiger partial charge < -0.3 is 10.6 Å². The fourth-order valence-corrected chi connectivity index (χ4v) is 2.57. The minimum absolute atomic E-state index is 0.165. The average molecular weight is 325 g/mol. The predicted octanol–water partition coefficient (Wildman–Crippen LogP) is 5.99. The van der Waals surface area contributed by atoms with Crippen LogP contribution in [0, 0.1) is 0 Å². The summed E-state index contributed by atoms with van der Waals surface area (Å²) in [6.45, 7) is 2.97. The lowest BCUT2D eigenvalue weighted by molar-refractivity contribution is 0.252. The molecular weight excluding hydrogens is 296 g/mol. The first-order valence-corrected chi connectivity index (χ1v) is 8.90. The number of nitrogens with one attached hydrogen (secondary N) is 2. The number of carbonyl (C=O) groups is 1. The Morgan fingerprint density at radius 2 is 1.64 bits per heavy atom. The van der Waals surface area contributed by atoms with E-state index in [-0.39, 0.29) is 6.03 Å². The molecule has 2 amide bonds. The normalized spacial score (nSPS) is 10.5. The van der Waals surface area contributed by atoms with E-state index in [9.17, 15) is 4.79 Å². The fourth-order valence-electron chi connectivity index (χ4n) is 2.38. The fraction of sp³-hybridized carbons (Fsp3) is 0.611. The lowest BCUT2D eigenvalue weighted by atomic mass is 10.1. The first kappa shape index (κ1) is 18.8. The molecule has 0 aliphatic heterocycles. The molecule has 1 aromatic rings. The number of hydrogen-bond donors (Lipinski definition) is 2. The van der Waals surface area contributed by atoms with Crippen LogP contribution in [0.5, 0.6) is 0 Å². The van der Waals surface area contributed by atoms with Crippen LogP contribution in [-0.2, 0) is 0 Å². The molecule has 0 aliphatic rings. The minimum atomic E-state index is -0.165. The zero-order valence-electron chi connectivity index (χ0n) is 13.7. The van der Waals surface area contributed by atoms with Crippen LogP contribution in [0.2, 0.25) is 5.02 Å². The summed E-state index contributed by atoms with van der Waals surface area (Å²) in [4.78, 5) is 11.7. The molecular formula is C18H29ClN2O. The molecule has 0 aliphatic carbocycles. The highest BCUT2D eigenvalue weighted by molar-refractivity contribution is 6.30. The van der Waals surface area contributed by atoms with E-state index >= 15 is 0 Å². The van der Waals surface area contributed by atoms with Gasteiger partial charge in [-0.2, -0.15) is 0 Å². The second-order valence-corrected chi connectivity index (χ2v) is 6.16. The van der Waals surface area contributed by atoms with Crippen molar-refractivity contribution in [3.63, 3.8) is 0 Å². The molecule has 0 saturated carbocycles. The van der Waals surface area contributed by atoms with Crippen molar-refractivity contribution in [1.29, 1.82) is 0 Å². The van der Waals surface area contributed by atoms with Crippen LogP contribution in [0.15, 0.2) is 24.3 Å². The van der Waals surface area contributed by atoms with Gasteiger partial charge in [-0.25, -0.2) is 4.79 Å². The Morgan fingerprint density at radius 1 is 1.00 bits per heavy atom. The highest BCUT2D eigenvalue weighted by atomic mass is 35.5. The number of benzene rings is 1. The van der Waals surface area contributed by atoms with E-state index in [4.69, 9.17) is 11.6 Å². The number of halogens is 1. The number of carbonyl (C=O) groups excluding carboxylic acids is 1. The highest BCUT2D eigenvalue weighted by Gasteiger charge is 2.01. The molecule has 2 N–H and O–H groups in total. The van der Waals surface area contributed by atoms with E-state index in [0.717, 1.165) is 18.7 Å². The minimum Gasteiger partial charge on any atom is -0.338 e. The molecule has 124 valence electrons. The lowest BCUT2D eigenvalue weighted by Crippen LogP contribution is -2.29. The second-order valence-electron chi connectivity index (χ2n) is 5.72. The van der Waals surface area contributed by atoms with Crippen molar-refractivity contribution in [2.24, 2.45) is 0 Å². The van der Waals surface area contributed by atoms with Gasteiger partial charge in [0, 0.05) is 17.3 Å². The Labute approximate surface area is 139 Å². The standard InChI is InChI=1S/C18H29ClN2O/c1-2-3-4-5-6-7-8-9-10-14-20-18(22)21-17-13-11-12-16(19)15-17/h11-13,15H,2-10,14H2,1H3,(H2,20,21,22). The van der Waals surface area contributed by atoms with Crippen molar-refractivity contribution in [3.8, 4) is 0 Å². The maximum Gasteiger partial charge on any atom is 0.319 e. The molecule has 0 unspecified atom stereocenters. The lowest BCUT2D eigenvalue weighted by Gasteiger charge is -2.08. The largest absolute Gasteiger partial charge is 0.338 e.